The van der Waals surface area contributed by atoms with E-state index in [-0.39, 0.29) is 0 Å². The molecule has 0 bridgehead atoms. The van der Waals surface area contributed by atoms with Crippen molar-refractivity contribution in [2.45, 2.75) is 18.9 Å². The van der Waals surface area contributed by atoms with Crippen molar-refractivity contribution in [1.29, 1.82) is 0 Å². The average Bonchev–Trinajstić information content (AvgIpc) is 2.39. The summed E-state index contributed by atoms with van der Waals surface area (Å²) in [5.41, 5.74) is 3.12. The van der Waals surface area contributed by atoms with Crippen LogP contribution in [-0.4, -0.2) is 37.1 Å². The Hall–Kier alpha value is -0.860. The highest BCUT2D eigenvalue weighted by atomic mass is 15.2. The minimum atomic E-state index is 0.805. The van der Waals surface area contributed by atoms with E-state index >= 15 is 0 Å². The molecule has 15 heavy (non-hydrogen) atoms. The maximum absolute atomic E-state index is 3.36. The van der Waals surface area contributed by atoms with Crippen LogP contribution in [-0.2, 0) is 12.8 Å². The molecule has 0 radical (unpaired) electrons. The van der Waals surface area contributed by atoms with Gasteiger partial charge in [0.25, 0.3) is 0 Å². The Morgan fingerprint density at radius 1 is 1.00 bits per heavy atom. The summed E-state index contributed by atoms with van der Waals surface area (Å²) in [6, 6.07) is 9.72. The molecule has 2 aliphatic rings. The van der Waals surface area contributed by atoms with Crippen LogP contribution < -0.4 is 5.32 Å². The maximum Gasteiger partial charge on any atom is 0.0345 e. The van der Waals surface area contributed by atoms with Gasteiger partial charge in [-0.15, -0.1) is 0 Å². The van der Waals surface area contributed by atoms with Crippen LogP contribution in [0.3, 0.4) is 0 Å². The molecule has 1 fully saturated rings. The standard InChI is InChI=1S/C13H18N2/c1-2-4-12-6-8-15(13-9-14-10-13)7-5-11(12)3-1/h1-4,13-14H,5-10H2. The number of rotatable bonds is 1. The molecule has 1 aromatic rings. The Bertz CT molecular complexity index is 317. The van der Waals surface area contributed by atoms with Gasteiger partial charge in [-0.3, -0.25) is 4.90 Å². The Morgan fingerprint density at radius 2 is 1.60 bits per heavy atom. The minimum absolute atomic E-state index is 0.805. The monoisotopic (exact) mass is 202 g/mol. The lowest BCUT2D eigenvalue weighted by Gasteiger charge is -2.37. The second kappa shape index (κ2) is 3.95. The molecule has 2 aliphatic heterocycles. The van der Waals surface area contributed by atoms with Crippen molar-refractivity contribution >= 4 is 0 Å². The lowest BCUT2D eigenvalue weighted by molar-refractivity contribution is 0.152. The second-order valence-corrected chi connectivity index (χ2v) is 4.62. The zero-order valence-electron chi connectivity index (χ0n) is 9.08. The van der Waals surface area contributed by atoms with E-state index in [0.717, 1.165) is 6.04 Å². The molecule has 0 aromatic heterocycles. The fourth-order valence-corrected chi connectivity index (χ4v) is 2.58. The van der Waals surface area contributed by atoms with Crippen molar-refractivity contribution in [2.75, 3.05) is 26.2 Å². The van der Waals surface area contributed by atoms with Crippen molar-refractivity contribution in [3.8, 4) is 0 Å². The molecule has 0 spiro atoms. The number of nitrogens with one attached hydrogen (secondary N) is 1. The predicted molar refractivity (Wildman–Crippen MR) is 62.1 cm³/mol. The third-order valence-corrected chi connectivity index (χ3v) is 3.73. The van der Waals surface area contributed by atoms with Crippen LogP contribution in [0, 0.1) is 0 Å². The summed E-state index contributed by atoms with van der Waals surface area (Å²) in [5.74, 6) is 0. The van der Waals surface area contributed by atoms with Crippen LogP contribution in [0.2, 0.25) is 0 Å². The van der Waals surface area contributed by atoms with Gasteiger partial charge in [0.1, 0.15) is 0 Å². The summed E-state index contributed by atoms with van der Waals surface area (Å²) >= 11 is 0. The molecule has 0 amide bonds. The summed E-state index contributed by atoms with van der Waals surface area (Å²) in [7, 11) is 0. The quantitative estimate of drug-likeness (QED) is 0.732. The van der Waals surface area contributed by atoms with Gasteiger partial charge in [0.2, 0.25) is 0 Å². The first-order valence-electron chi connectivity index (χ1n) is 5.95. The second-order valence-electron chi connectivity index (χ2n) is 4.62. The molecule has 3 rings (SSSR count). The fourth-order valence-electron chi connectivity index (χ4n) is 2.58. The summed E-state index contributed by atoms with van der Waals surface area (Å²) in [4.78, 5) is 2.65. The van der Waals surface area contributed by atoms with Crippen molar-refractivity contribution in [3.63, 3.8) is 0 Å². The maximum atomic E-state index is 3.36. The van der Waals surface area contributed by atoms with Gasteiger partial charge in [-0.25, -0.2) is 0 Å². The van der Waals surface area contributed by atoms with Gasteiger partial charge in [0.15, 0.2) is 0 Å². The van der Waals surface area contributed by atoms with Gasteiger partial charge in [0, 0.05) is 32.2 Å². The molecule has 2 nitrogen and oxygen atoms in total. The molecule has 0 saturated carbocycles. The molecule has 2 heterocycles. The SMILES string of the molecule is c1ccc2c(c1)CCN(C1CNC1)CC2. The average molecular weight is 202 g/mol. The normalized spacial score (nSPS) is 22.9. The van der Waals surface area contributed by atoms with E-state index in [1.165, 1.54) is 39.0 Å². The van der Waals surface area contributed by atoms with Gasteiger partial charge in [-0.05, 0) is 24.0 Å². The Labute approximate surface area is 91.3 Å². The van der Waals surface area contributed by atoms with Crippen molar-refractivity contribution in [2.24, 2.45) is 0 Å². The molecule has 80 valence electrons. The number of fused-ring (bicyclic) bond motifs is 1. The molecule has 1 N–H and O–H groups in total. The largest absolute Gasteiger partial charge is 0.314 e. The van der Waals surface area contributed by atoms with Gasteiger partial charge >= 0.3 is 0 Å². The number of hydrogen-bond donors (Lipinski definition) is 1. The van der Waals surface area contributed by atoms with Crippen LogP contribution in [0.25, 0.3) is 0 Å². The first kappa shape index (κ1) is 9.37. The predicted octanol–water partition coefficient (Wildman–Crippen LogP) is 1.06. The van der Waals surface area contributed by atoms with Crippen LogP contribution in [0.5, 0.6) is 0 Å². The van der Waals surface area contributed by atoms with E-state index < -0.39 is 0 Å². The third-order valence-electron chi connectivity index (χ3n) is 3.73. The van der Waals surface area contributed by atoms with E-state index in [2.05, 4.69) is 34.5 Å². The number of nitrogens with zero attached hydrogens (tertiary/aromatic N) is 1. The smallest absolute Gasteiger partial charge is 0.0345 e. The third kappa shape index (κ3) is 1.80. The topological polar surface area (TPSA) is 15.3 Å². The van der Waals surface area contributed by atoms with Crippen LogP contribution in [0.15, 0.2) is 24.3 Å². The summed E-state index contributed by atoms with van der Waals surface area (Å²) < 4.78 is 0. The number of benzene rings is 1. The van der Waals surface area contributed by atoms with E-state index in [9.17, 15) is 0 Å². The van der Waals surface area contributed by atoms with Crippen molar-refractivity contribution in [3.05, 3.63) is 35.4 Å². The first-order valence-corrected chi connectivity index (χ1v) is 5.95. The zero-order chi connectivity index (χ0) is 10.1. The van der Waals surface area contributed by atoms with Crippen LogP contribution >= 0.6 is 0 Å². The fraction of sp³-hybridized carbons (Fsp3) is 0.538. The first-order chi connectivity index (χ1) is 7.43. The molecule has 2 heteroatoms. The van der Waals surface area contributed by atoms with Gasteiger partial charge in [-0.2, -0.15) is 0 Å². The molecule has 1 aromatic carbocycles. The Balaban J connectivity index is 1.73. The van der Waals surface area contributed by atoms with Gasteiger partial charge in [-0.1, -0.05) is 24.3 Å². The Kier molecular flexibility index (Phi) is 2.47. The molecule has 0 atom stereocenters. The molecular weight excluding hydrogens is 184 g/mol. The Morgan fingerprint density at radius 3 is 2.07 bits per heavy atom. The molecule has 1 saturated heterocycles. The lowest BCUT2D eigenvalue weighted by Crippen LogP contribution is -2.57. The number of hydrogen-bond acceptors (Lipinski definition) is 2. The highest BCUT2D eigenvalue weighted by Gasteiger charge is 2.25. The summed E-state index contributed by atoms with van der Waals surface area (Å²) in [6.07, 6.45) is 2.46. The van der Waals surface area contributed by atoms with Crippen molar-refractivity contribution < 1.29 is 0 Å². The highest BCUT2D eigenvalue weighted by molar-refractivity contribution is 5.28. The van der Waals surface area contributed by atoms with Gasteiger partial charge in [0.05, 0.1) is 0 Å². The summed E-state index contributed by atoms with van der Waals surface area (Å²) in [6.45, 7) is 4.86. The zero-order valence-corrected chi connectivity index (χ0v) is 9.08. The van der Waals surface area contributed by atoms with E-state index in [0.29, 0.717) is 0 Å². The van der Waals surface area contributed by atoms with Gasteiger partial charge < -0.3 is 5.32 Å². The summed E-state index contributed by atoms with van der Waals surface area (Å²) in [5, 5.41) is 3.36. The van der Waals surface area contributed by atoms with E-state index in [4.69, 9.17) is 0 Å². The van der Waals surface area contributed by atoms with E-state index in [1.54, 1.807) is 11.1 Å². The van der Waals surface area contributed by atoms with Crippen LogP contribution in [0.1, 0.15) is 11.1 Å². The van der Waals surface area contributed by atoms with E-state index in [1.807, 2.05) is 0 Å². The van der Waals surface area contributed by atoms with Crippen molar-refractivity contribution in [1.82, 2.24) is 10.2 Å². The lowest BCUT2D eigenvalue weighted by atomic mass is 10.0. The molecule has 0 unspecified atom stereocenters. The van der Waals surface area contributed by atoms with Crippen LogP contribution in [0.4, 0.5) is 0 Å². The molecule has 0 aliphatic carbocycles. The highest BCUT2D eigenvalue weighted by Crippen LogP contribution is 2.17. The molecular formula is C13H18N2. The minimum Gasteiger partial charge on any atom is -0.314 e.